The van der Waals surface area contributed by atoms with E-state index in [1.165, 1.54) is 11.8 Å². The van der Waals surface area contributed by atoms with Crippen molar-refractivity contribution < 1.29 is 9.53 Å². The van der Waals surface area contributed by atoms with Crippen molar-refractivity contribution in [1.29, 1.82) is 0 Å². The Morgan fingerprint density at radius 3 is 2.61 bits per heavy atom. The molecule has 0 aliphatic rings. The highest BCUT2D eigenvalue weighted by molar-refractivity contribution is 7.99. The Balaban J connectivity index is 1.53. The molecule has 0 atom stereocenters. The van der Waals surface area contributed by atoms with Crippen LogP contribution in [0.15, 0.2) is 83.3 Å². The molecule has 2 aromatic carbocycles. The summed E-state index contributed by atoms with van der Waals surface area (Å²) in [5.41, 5.74) is 6.28. The molecule has 0 aliphatic carbocycles. The first-order valence-corrected chi connectivity index (χ1v) is 11.1. The lowest BCUT2D eigenvalue weighted by molar-refractivity contribution is -0.118. The van der Waals surface area contributed by atoms with Gasteiger partial charge in [0.05, 0.1) is 19.1 Å². The van der Waals surface area contributed by atoms with E-state index >= 15 is 0 Å². The molecule has 2 aromatic heterocycles. The average molecular weight is 459 g/mol. The molecule has 0 unspecified atom stereocenters. The first-order valence-electron chi connectivity index (χ1n) is 10.2. The van der Waals surface area contributed by atoms with Crippen LogP contribution < -0.4 is 10.2 Å². The normalized spacial score (nSPS) is 11.0. The quantitative estimate of drug-likeness (QED) is 0.245. The summed E-state index contributed by atoms with van der Waals surface area (Å²) in [6.45, 7) is 2.03. The number of aryl methyl sites for hydroxylation is 1. The molecule has 4 rings (SSSR count). The molecule has 9 heteroatoms. The van der Waals surface area contributed by atoms with Gasteiger partial charge in [0.2, 0.25) is 0 Å². The molecular weight excluding hydrogens is 436 g/mol. The number of pyridine rings is 1. The average Bonchev–Trinajstić information content (AvgIpc) is 3.28. The second kappa shape index (κ2) is 10.6. The minimum atomic E-state index is -0.246. The van der Waals surface area contributed by atoms with Crippen LogP contribution in [0.2, 0.25) is 0 Å². The highest BCUT2D eigenvalue weighted by Gasteiger charge is 2.17. The van der Waals surface area contributed by atoms with E-state index < -0.39 is 0 Å². The van der Waals surface area contributed by atoms with Crippen molar-refractivity contribution in [2.45, 2.75) is 12.1 Å². The molecule has 0 saturated heterocycles. The van der Waals surface area contributed by atoms with E-state index in [0.717, 1.165) is 28.1 Å². The standard InChI is InChI=1S/C24H22N6O2S/c1-17-5-9-20(10-6-17)30-23(19-7-11-21(32-2)12-8-19)28-29-24(30)33-16-22(31)27-26-15-18-4-3-13-25-14-18/h3-15H,16H2,1-2H3,(H,27,31). The number of methoxy groups -OCH3 is 1. The van der Waals surface area contributed by atoms with Gasteiger partial charge in [-0.2, -0.15) is 5.10 Å². The minimum absolute atomic E-state index is 0.136. The number of carbonyl (C=O) groups excluding carboxylic acids is 1. The number of hydrogen-bond acceptors (Lipinski definition) is 7. The third-order valence-electron chi connectivity index (χ3n) is 4.69. The summed E-state index contributed by atoms with van der Waals surface area (Å²) in [5.74, 6) is 1.33. The summed E-state index contributed by atoms with van der Waals surface area (Å²) in [4.78, 5) is 16.3. The lowest BCUT2D eigenvalue weighted by Crippen LogP contribution is -2.20. The number of nitrogens with one attached hydrogen (secondary N) is 1. The second-order valence-corrected chi connectivity index (χ2v) is 8.02. The molecule has 8 nitrogen and oxygen atoms in total. The number of benzene rings is 2. The van der Waals surface area contributed by atoms with E-state index in [1.807, 2.05) is 66.1 Å². The van der Waals surface area contributed by atoms with Crippen molar-refractivity contribution >= 4 is 23.9 Å². The number of hydrazone groups is 1. The lowest BCUT2D eigenvalue weighted by atomic mass is 10.2. The largest absolute Gasteiger partial charge is 0.497 e. The lowest BCUT2D eigenvalue weighted by Gasteiger charge is -2.11. The molecule has 33 heavy (non-hydrogen) atoms. The molecule has 166 valence electrons. The molecule has 0 spiro atoms. The molecule has 0 saturated carbocycles. The molecule has 0 aliphatic heterocycles. The van der Waals surface area contributed by atoms with Gasteiger partial charge in [-0.15, -0.1) is 10.2 Å². The van der Waals surface area contributed by atoms with Gasteiger partial charge in [-0.05, 0) is 49.4 Å². The maximum atomic E-state index is 12.3. The van der Waals surface area contributed by atoms with E-state index in [9.17, 15) is 4.79 Å². The zero-order valence-electron chi connectivity index (χ0n) is 18.2. The van der Waals surface area contributed by atoms with Crippen LogP contribution in [0.4, 0.5) is 0 Å². The van der Waals surface area contributed by atoms with E-state index in [0.29, 0.717) is 11.0 Å². The maximum Gasteiger partial charge on any atom is 0.250 e. The van der Waals surface area contributed by atoms with Gasteiger partial charge in [0.15, 0.2) is 11.0 Å². The van der Waals surface area contributed by atoms with Crippen LogP contribution in [0, 0.1) is 6.92 Å². The van der Waals surface area contributed by atoms with Crippen molar-refractivity contribution in [2.24, 2.45) is 5.10 Å². The van der Waals surface area contributed by atoms with E-state index in [-0.39, 0.29) is 11.7 Å². The van der Waals surface area contributed by atoms with E-state index in [1.54, 1.807) is 31.8 Å². The fraction of sp³-hybridized carbons (Fsp3) is 0.125. The summed E-state index contributed by atoms with van der Waals surface area (Å²) < 4.78 is 7.20. The number of carbonyl (C=O) groups is 1. The topological polar surface area (TPSA) is 94.3 Å². The molecular formula is C24H22N6O2S. The van der Waals surface area contributed by atoms with Crippen molar-refractivity contribution in [3.63, 3.8) is 0 Å². The van der Waals surface area contributed by atoms with Gasteiger partial charge in [-0.3, -0.25) is 14.3 Å². The zero-order chi connectivity index (χ0) is 23.0. The number of thioether (sulfide) groups is 1. The molecule has 2 heterocycles. The monoisotopic (exact) mass is 458 g/mol. The Kier molecular flexibility index (Phi) is 7.11. The SMILES string of the molecule is COc1ccc(-c2nnc(SCC(=O)NN=Cc3cccnc3)n2-c2ccc(C)cc2)cc1. The predicted molar refractivity (Wildman–Crippen MR) is 129 cm³/mol. The summed E-state index contributed by atoms with van der Waals surface area (Å²) >= 11 is 1.29. The minimum Gasteiger partial charge on any atom is -0.497 e. The number of hydrogen-bond donors (Lipinski definition) is 1. The summed E-state index contributed by atoms with van der Waals surface area (Å²) in [6.07, 6.45) is 4.89. The van der Waals surface area contributed by atoms with Crippen LogP contribution >= 0.6 is 11.8 Å². The van der Waals surface area contributed by atoms with Gasteiger partial charge < -0.3 is 4.74 Å². The molecule has 1 amide bonds. The molecule has 0 fully saturated rings. The fourth-order valence-electron chi connectivity index (χ4n) is 3.01. The second-order valence-electron chi connectivity index (χ2n) is 7.07. The molecule has 0 radical (unpaired) electrons. The van der Waals surface area contributed by atoms with Crippen LogP contribution in [0.1, 0.15) is 11.1 Å². The number of aromatic nitrogens is 4. The fourth-order valence-corrected chi connectivity index (χ4v) is 3.75. The van der Waals surface area contributed by atoms with Gasteiger partial charge in [-0.25, -0.2) is 5.43 Å². The number of amides is 1. The maximum absolute atomic E-state index is 12.3. The van der Waals surface area contributed by atoms with E-state index in [4.69, 9.17) is 4.74 Å². The number of rotatable bonds is 8. The van der Waals surface area contributed by atoms with E-state index in [2.05, 4.69) is 25.7 Å². The smallest absolute Gasteiger partial charge is 0.250 e. The number of ether oxygens (including phenoxy) is 1. The third kappa shape index (κ3) is 5.64. The summed E-state index contributed by atoms with van der Waals surface area (Å²) in [7, 11) is 1.63. The van der Waals surface area contributed by atoms with Gasteiger partial charge in [0, 0.05) is 29.2 Å². The Labute approximate surface area is 195 Å². The van der Waals surface area contributed by atoms with Gasteiger partial charge in [-0.1, -0.05) is 35.5 Å². The third-order valence-corrected chi connectivity index (χ3v) is 5.62. The van der Waals surface area contributed by atoms with Crippen molar-refractivity contribution in [2.75, 3.05) is 12.9 Å². The van der Waals surface area contributed by atoms with Gasteiger partial charge >= 0.3 is 0 Å². The van der Waals surface area contributed by atoms with Gasteiger partial charge in [0.25, 0.3) is 5.91 Å². The highest BCUT2D eigenvalue weighted by atomic mass is 32.2. The van der Waals surface area contributed by atoms with Crippen LogP contribution in [-0.2, 0) is 4.79 Å². The van der Waals surface area contributed by atoms with Crippen molar-refractivity contribution in [1.82, 2.24) is 25.2 Å². The summed E-state index contributed by atoms with van der Waals surface area (Å²) in [5, 5.41) is 13.3. The first kappa shape index (κ1) is 22.2. The Bertz CT molecular complexity index is 1240. The summed E-state index contributed by atoms with van der Waals surface area (Å²) in [6, 6.07) is 19.3. The first-order chi connectivity index (χ1) is 16.1. The Hall–Kier alpha value is -3.98. The zero-order valence-corrected chi connectivity index (χ0v) is 19.0. The van der Waals surface area contributed by atoms with Crippen LogP contribution in [-0.4, -0.2) is 44.7 Å². The highest BCUT2D eigenvalue weighted by Crippen LogP contribution is 2.29. The molecule has 1 N–H and O–H groups in total. The van der Waals surface area contributed by atoms with Crippen LogP contribution in [0.25, 0.3) is 17.1 Å². The van der Waals surface area contributed by atoms with Crippen LogP contribution in [0.3, 0.4) is 0 Å². The van der Waals surface area contributed by atoms with Crippen molar-refractivity contribution in [3.8, 4) is 22.8 Å². The van der Waals surface area contributed by atoms with Crippen molar-refractivity contribution in [3.05, 3.63) is 84.2 Å². The Morgan fingerprint density at radius 1 is 1.12 bits per heavy atom. The molecule has 0 bridgehead atoms. The molecule has 4 aromatic rings. The number of nitrogens with zero attached hydrogens (tertiary/aromatic N) is 5. The van der Waals surface area contributed by atoms with Gasteiger partial charge in [0.1, 0.15) is 5.75 Å². The van der Waals surface area contributed by atoms with Crippen LogP contribution in [0.5, 0.6) is 5.75 Å². The Morgan fingerprint density at radius 2 is 1.91 bits per heavy atom. The predicted octanol–water partition coefficient (Wildman–Crippen LogP) is 3.89.